The lowest BCUT2D eigenvalue weighted by atomic mass is 9.87. The number of carbonyl (C=O) groups is 2. The zero-order chi connectivity index (χ0) is 41.8. The molecule has 0 saturated heterocycles. The number of benzene rings is 4. The summed E-state index contributed by atoms with van der Waals surface area (Å²) in [5.41, 5.74) is 2.49. The summed E-state index contributed by atoms with van der Waals surface area (Å²) < 4.78 is 10.7. The van der Waals surface area contributed by atoms with Crippen LogP contribution in [0.4, 0.5) is 45.5 Å². The number of hydrogen-bond acceptors (Lipinski definition) is 16. The number of nitrogens with one attached hydrogen (secondary N) is 4. The highest BCUT2D eigenvalue weighted by molar-refractivity contribution is 6.13. The molecule has 4 rings (SSSR count). The van der Waals surface area contributed by atoms with Crippen LogP contribution in [0, 0.1) is 52.3 Å². The average Bonchev–Trinajstić information content (AvgIpc) is 3.19. The Morgan fingerprint density at radius 3 is 1.28 bits per heavy atom. The van der Waals surface area contributed by atoms with Gasteiger partial charge in [-0.3, -0.25) is 60.9 Å². The topological polar surface area (TPSA) is 298 Å². The number of nitro groups is 4. The second-order valence-corrected chi connectivity index (χ2v) is 11.9. The number of anilines is 4. The molecule has 0 radical (unpaired) electrons. The second kappa shape index (κ2) is 18.8. The lowest BCUT2D eigenvalue weighted by molar-refractivity contribution is -0.393. The first-order valence-corrected chi connectivity index (χ1v) is 16.5. The Morgan fingerprint density at radius 1 is 0.579 bits per heavy atom. The molecule has 296 valence electrons. The summed E-state index contributed by atoms with van der Waals surface area (Å²) in [4.78, 5) is 71.1. The SMILES string of the molecule is COc1ccccc1NC(=O)C(CC(C(=O)Nc1ccccc1OC)/C(C)=N/Nc1ccc([N+](=O)[O-])cc1[N+](=O)[O-])/C(C)=N/Nc1ccc([N+](=O)[O-])cc1[N+](=O)[O-]. The van der Waals surface area contributed by atoms with Crippen molar-refractivity contribution in [3.8, 4) is 11.5 Å². The van der Waals surface area contributed by atoms with Crippen LogP contribution in [0.15, 0.2) is 95.1 Å². The van der Waals surface area contributed by atoms with Crippen LogP contribution < -0.4 is 31.0 Å². The first-order valence-electron chi connectivity index (χ1n) is 16.5. The third kappa shape index (κ3) is 10.6. The summed E-state index contributed by atoms with van der Waals surface area (Å²) in [5, 5.41) is 60.0. The number of nitrogens with zero attached hydrogens (tertiary/aromatic N) is 6. The Morgan fingerprint density at radius 2 is 0.947 bits per heavy atom. The zero-order valence-electron chi connectivity index (χ0n) is 30.5. The maximum Gasteiger partial charge on any atom is 0.301 e. The molecular formula is C35H34N10O12. The monoisotopic (exact) mass is 786 g/mol. The Kier molecular flexibility index (Phi) is 13.8. The number of para-hydroxylation sites is 4. The molecule has 22 nitrogen and oxygen atoms in total. The molecule has 2 atom stereocenters. The highest BCUT2D eigenvalue weighted by Crippen LogP contribution is 2.32. The highest BCUT2D eigenvalue weighted by atomic mass is 16.6. The lowest BCUT2D eigenvalue weighted by Gasteiger charge is -2.24. The molecule has 0 aromatic heterocycles. The smallest absolute Gasteiger partial charge is 0.301 e. The minimum atomic E-state index is -1.33. The predicted molar refractivity (Wildman–Crippen MR) is 208 cm³/mol. The third-order valence-corrected chi connectivity index (χ3v) is 8.33. The summed E-state index contributed by atoms with van der Waals surface area (Å²) in [6.07, 6.45) is -0.388. The molecule has 57 heavy (non-hydrogen) atoms. The van der Waals surface area contributed by atoms with Crippen molar-refractivity contribution in [2.24, 2.45) is 22.0 Å². The maximum atomic E-state index is 14.2. The van der Waals surface area contributed by atoms with Gasteiger partial charge in [-0.05, 0) is 56.7 Å². The fourth-order valence-electron chi connectivity index (χ4n) is 5.32. The van der Waals surface area contributed by atoms with Crippen LogP contribution in [0.25, 0.3) is 0 Å². The van der Waals surface area contributed by atoms with Crippen molar-refractivity contribution in [1.29, 1.82) is 0 Å². The van der Waals surface area contributed by atoms with Gasteiger partial charge < -0.3 is 20.1 Å². The van der Waals surface area contributed by atoms with E-state index in [2.05, 4.69) is 31.7 Å². The Labute approximate surface area is 322 Å². The van der Waals surface area contributed by atoms with Crippen LogP contribution >= 0.6 is 0 Å². The molecule has 0 aliphatic carbocycles. The van der Waals surface area contributed by atoms with Crippen LogP contribution in [0.3, 0.4) is 0 Å². The van der Waals surface area contributed by atoms with Gasteiger partial charge in [-0.2, -0.15) is 10.2 Å². The summed E-state index contributed by atoms with van der Waals surface area (Å²) in [7, 11) is 2.77. The first-order chi connectivity index (χ1) is 27.1. The number of rotatable bonds is 18. The molecule has 22 heteroatoms. The number of methoxy groups -OCH3 is 2. The molecule has 0 saturated carbocycles. The molecule has 0 aliphatic rings. The van der Waals surface area contributed by atoms with Gasteiger partial charge >= 0.3 is 11.4 Å². The Bertz CT molecular complexity index is 2120. The molecule has 0 spiro atoms. The predicted octanol–water partition coefficient (Wildman–Crippen LogP) is 6.51. The van der Waals surface area contributed by atoms with E-state index < -0.39 is 66.1 Å². The van der Waals surface area contributed by atoms with Crippen molar-refractivity contribution < 1.29 is 38.8 Å². The van der Waals surface area contributed by atoms with Crippen LogP contribution in [0.1, 0.15) is 20.3 Å². The highest BCUT2D eigenvalue weighted by Gasteiger charge is 2.33. The molecule has 0 heterocycles. The number of carbonyl (C=O) groups excluding carboxylic acids is 2. The number of non-ortho nitro benzene ring substituents is 2. The number of hydrazone groups is 2. The largest absolute Gasteiger partial charge is 0.495 e. The second-order valence-electron chi connectivity index (χ2n) is 11.9. The molecule has 0 fully saturated rings. The van der Waals surface area contributed by atoms with Crippen molar-refractivity contribution >= 4 is 68.7 Å². The molecule has 0 bridgehead atoms. The van der Waals surface area contributed by atoms with Crippen molar-refractivity contribution in [3.05, 3.63) is 125 Å². The quantitative estimate of drug-likeness (QED) is 0.0475. The molecule has 4 aromatic carbocycles. The Balaban J connectivity index is 1.81. The van der Waals surface area contributed by atoms with Gasteiger partial charge in [0.25, 0.3) is 11.4 Å². The van der Waals surface area contributed by atoms with E-state index in [4.69, 9.17) is 9.47 Å². The fraction of sp³-hybridized carbons (Fsp3) is 0.200. The normalized spacial score (nSPS) is 12.4. The van der Waals surface area contributed by atoms with Gasteiger partial charge in [0.05, 0.1) is 69.3 Å². The fourth-order valence-corrected chi connectivity index (χ4v) is 5.32. The zero-order valence-corrected chi connectivity index (χ0v) is 30.5. The van der Waals surface area contributed by atoms with Crippen molar-refractivity contribution in [3.63, 3.8) is 0 Å². The number of ether oxygens (including phenoxy) is 2. The van der Waals surface area contributed by atoms with Crippen molar-refractivity contribution in [2.75, 3.05) is 35.7 Å². The van der Waals surface area contributed by atoms with Crippen molar-refractivity contribution in [2.45, 2.75) is 20.3 Å². The van der Waals surface area contributed by atoms with Gasteiger partial charge in [-0.15, -0.1) is 0 Å². The van der Waals surface area contributed by atoms with Gasteiger partial charge in [-0.1, -0.05) is 24.3 Å². The molecule has 0 aliphatic heterocycles. The average molecular weight is 787 g/mol. The van der Waals surface area contributed by atoms with Gasteiger partial charge in [0.15, 0.2) is 0 Å². The van der Waals surface area contributed by atoms with Crippen LogP contribution in [0.5, 0.6) is 11.5 Å². The number of amides is 2. The van der Waals surface area contributed by atoms with E-state index in [0.717, 1.165) is 36.4 Å². The molecule has 4 N–H and O–H groups in total. The Hall–Kier alpha value is -8.04. The summed E-state index contributed by atoms with van der Waals surface area (Å²) >= 11 is 0. The van der Waals surface area contributed by atoms with E-state index in [-0.39, 0.29) is 52.1 Å². The van der Waals surface area contributed by atoms with Gasteiger partial charge in [0.1, 0.15) is 22.9 Å². The van der Waals surface area contributed by atoms with Gasteiger partial charge in [0.2, 0.25) is 11.8 Å². The minimum Gasteiger partial charge on any atom is -0.495 e. The van der Waals surface area contributed by atoms with E-state index in [9.17, 15) is 50.0 Å². The summed E-state index contributed by atoms with van der Waals surface area (Å²) in [6, 6.07) is 18.5. The van der Waals surface area contributed by atoms with Crippen LogP contribution in [0.2, 0.25) is 0 Å². The number of hydrogen-bond donors (Lipinski definition) is 4. The maximum absolute atomic E-state index is 14.2. The molecule has 2 amide bonds. The van der Waals surface area contributed by atoms with Crippen LogP contribution in [-0.4, -0.2) is 57.2 Å². The van der Waals surface area contributed by atoms with E-state index in [0.29, 0.717) is 0 Å². The van der Waals surface area contributed by atoms with E-state index in [1.54, 1.807) is 48.5 Å². The molecular weight excluding hydrogens is 752 g/mol. The van der Waals surface area contributed by atoms with E-state index in [1.807, 2.05) is 0 Å². The first kappa shape index (κ1) is 41.7. The van der Waals surface area contributed by atoms with Gasteiger partial charge in [-0.25, -0.2) is 0 Å². The third-order valence-electron chi connectivity index (χ3n) is 8.33. The van der Waals surface area contributed by atoms with Crippen molar-refractivity contribution in [1.82, 2.24) is 0 Å². The van der Waals surface area contributed by atoms with E-state index in [1.165, 1.54) is 28.1 Å². The van der Waals surface area contributed by atoms with Crippen LogP contribution in [-0.2, 0) is 9.59 Å². The van der Waals surface area contributed by atoms with Gasteiger partial charge in [0, 0.05) is 23.6 Å². The van der Waals surface area contributed by atoms with E-state index >= 15 is 0 Å². The standard InChI is InChI=1S/C35H34N10O12/c1-20(38-40-26-15-13-22(42(48)49)17-30(26)44(52)53)24(34(46)36-28-9-5-7-11-32(28)56-3)19-25(35(47)37-29-10-6-8-12-33(29)57-4)21(2)39-41-27-16-14-23(43(50)51)18-31(27)45(54)55/h5-18,24-25,40-41H,19H2,1-4H3,(H,36,46)(H,37,47)/b38-20+,39-21+. The minimum absolute atomic E-state index is 0.0168. The number of nitro benzene ring substituents is 4. The molecule has 4 aromatic rings. The summed E-state index contributed by atoms with van der Waals surface area (Å²) in [6.45, 7) is 2.80. The molecule has 2 unspecified atom stereocenters. The lowest BCUT2D eigenvalue weighted by Crippen LogP contribution is -2.37. The summed E-state index contributed by atoms with van der Waals surface area (Å²) in [5.74, 6) is -3.52.